The van der Waals surface area contributed by atoms with Crippen LogP contribution < -0.4 is 4.40 Å². The molecular weight excluding hydrogens is 761 g/mol. The molecule has 213 valence electrons. The van der Waals surface area contributed by atoms with Gasteiger partial charge in [-0.3, -0.25) is 0 Å². The molecule has 7 aromatic rings. The van der Waals surface area contributed by atoms with E-state index in [4.69, 9.17) is 0 Å². The molecule has 5 aromatic carbocycles. The normalized spacial score (nSPS) is 11.0. The van der Waals surface area contributed by atoms with Crippen LogP contribution in [-0.2, 0) is 20.1 Å². The van der Waals surface area contributed by atoms with Crippen LogP contribution in [0.25, 0.3) is 55.2 Å². The molecule has 0 aliphatic heterocycles. The third-order valence-electron chi connectivity index (χ3n) is 7.43. The van der Waals surface area contributed by atoms with E-state index in [-0.39, 0.29) is 20.1 Å². The van der Waals surface area contributed by atoms with Crippen LogP contribution in [0, 0.1) is 12.1 Å². The Morgan fingerprint density at radius 3 is 2.02 bits per heavy atom. The summed E-state index contributed by atoms with van der Waals surface area (Å²) in [6.07, 6.45) is 3.87. The van der Waals surface area contributed by atoms with Crippen LogP contribution in [0.3, 0.4) is 0 Å². The smallest absolute Gasteiger partial charge is 0.0160 e. The number of hydrogen-bond donors (Lipinski definition) is 0. The van der Waals surface area contributed by atoms with Crippen LogP contribution in [0.15, 0.2) is 140 Å². The zero-order valence-electron chi connectivity index (χ0n) is 24.5. The first-order valence-corrected chi connectivity index (χ1v) is 21.6. The fourth-order valence-electron chi connectivity index (χ4n) is 5.04. The number of hydrogen-bond acceptors (Lipinski definition) is 2. The largest absolute Gasteiger partial charge is 0.305 e. The topological polar surface area (TPSA) is 25.8 Å². The minimum absolute atomic E-state index is 0. The van der Waals surface area contributed by atoms with E-state index in [1.165, 1.54) is 37.1 Å². The third-order valence-corrected chi connectivity index (χ3v) is 11.7. The van der Waals surface area contributed by atoms with E-state index >= 15 is 0 Å². The summed E-state index contributed by atoms with van der Waals surface area (Å²) in [5.41, 5.74) is 6.46. The predicted octanol–water partition coefficient (Wildman–Crippen LogP) is 9.61. The van der Waals surface area contributed by atoms with Gasteiger partial charge in [-0.1, -0.05) is 59.3 Å². The summed E-state index contributed by atoms with van der Waals surface area (Å²) in [5, 5.41) is 5.00. The molecule has 7 rings (SSSR count). The van der Waals surface area contributed by atoms with Gasteiger partial charge in [0.1, 0.15) is 0 Å². The van der Waals surface area contributed by atoms with Crippen molar-refractivity contribution in [1.82, 2.24) is 9.97 Å². The average Bonchev–Trinajstić information content (AvgIpc) is 3.05. The van der Waals surface area contributed by atoms with Crippen molar-refractivity contribution < 1.29 is 20.1 Å². The Balaban J connectivity index is 0.000000168. The van der Waals surface area contributed by atoms with Crippen LogP contribution in [0.1, 0.15) is 0 Å². The maximum atomic E-state index is 4.67. The summed E-state index contributed by atoms with van der Waals surface area (Å²) in [6.45, 7) is 0. The van der Waals surface area contributed by atoms with Gasteiger partial charge >= 0.3 is 135 Å². The first-order chi connectivity index (χ1) is 20.5. The maximum absolute atomic E-state index is 4.67. The van der Waals surface area contributed by atoms with Gasteiger partial charge in [-0.25, -0.2) is 0 Å². The molecule has 4 heteroatoms. The standard InChI is InChI=1S/C20H20GeN.C19H12N.Ir/c1-21(2,3)19-12-13-20(22-15-19)18-11-7-10-17(14-18)16-8-5-4-6-9-16;1-2-6-17-14(5-1)8-9-15-13-16(10-11-18(15)17)19-7-3-4-12-20-19;/h4-10,12-15H,1-3H3;1-9,11-13H;/q2*-1;. The van der Waals surface area contributed by atoms with Crippen molar-refractivity contribution in [3.63, 3.8) is 0 Å². The molecule has 0 saturated heterocycles. The summed E-state index contributed by atoms with van der Waals surface area (Å²) in [5.74, 6) is 7.16. The van der Waals surface area contributed by atoms with Gasteiger partial charge < -0.3 is 4.98 Å². The number of fused-ring (bicyclic) bond motifs is 3. The van der Waals surface area contributed by atoms with E-state index in [1.807, 2.05) is 36.5 Å². The van der Waals surface area contributed by atoms with Crippen molar-refractivity contribution in [2.45, 2.75) is 17.3 Å². The molecule has 0 aliphatic carbocycles. The summed E-state index contributed by atoms with van der Waals surface area (Å²) < 4.78 is 1.43. The summed E-state index contributed by atoms with van der Waals surface area (Å²) >= 11 is -1.79. The van der Waals surface area contributed by atoms with Crippen LogP contribution in [0.4, 0.5) is 0 Å². The van der Waals surface area contributed by atoms with Gasteiger partial charge in [0.15, 0.2) is 0 Å². The first kappa shape index (κ1) is 30.6. The molecule has 2 nitrogen and oxygen atoms in total. The van der Waals surface area contributed by atoms with E-state index in [1.54, 1.807) is 0 Å². The zero-order valence-corrected chi connectivity index (χ0v) is 29.0. The fraction of sp³-hybridized carbons (Fsp3) is 0.0769. The second-order valence-electron chi connectivity index (χ2n) is 11.4. The van der Waals surface area contributed by atoms with Gasteiger partial charge in [0.2, 0.25) is 0 Å². The molecule has 0 atom stereocenters. The second kappa shape index (κ2) is 13.6. The molecule has 0 saturated carbocycles. The number of rotatable bonds is 4. The first-order valence-electron chi connectivity index (χ1n) is 14.2. The van der Waals surface area contributed by atoms with Gasteiger partial charge in [0.05, 0.1) is 0 Å². The van der Waals surface area contributed by atoms with Crippen molar-refractivity contribution in [1.29, 1.82) is 0 Å². The minimum Gasteiger partial charge on any atom is -0.305 e. The van der Waals surface area contributed by atoms with Gasteiger partial charge in [-0.2, -0.15) is 0 Å². The Kier molecular flexibility index (Phi) is 9.67. The Hall–Kier alpha value is -3.89. The van der Waals surface area contributed by atoms with Crippen LogP contribution in [0.5, 0.6) is 0 Å². The van der Waals surface area contributed by atoms with E-state index < -0.39 is 13.3 Å². The molecule has 0 bridgehead atoms. The molecule has 2 aromatic heterocycles. The number of pyridine rings is 2. The fourth-order valence-corrected chi connectivity index (χ4v) is 7.21. The molecule has 0 N–H and O–H groups in total. The molecular formula is C39H32GeIrN2-2. The quantitative estimate of drug-likeness (QED) is 0.101. The monoisotopic (exact) mass is 795 g/mol. The molecule has 0 unspecified atom stereocenters. The van der Waals surface area contributed by atoms with E-state index in [0.29, 0.717) is 0 Å². The van der Waals surface area contributed by atoms with Crippen molar-refractivity contribution >= 4 is 39.2 Å². The number of benzene rings is 5. The van der Waals surface area contributed by atoms with E-state index in [9.17, 15) is 0 Å². The van der Waals surface area contributed by atoms with Crippen molar-refractivity contribution in [3.05, 3.63) is 152 Å². The van der Waals surface area contributed by atoms with Gasteiger partial charge in [-0.15, -0.1) is 29.1 Å². The number of nitrogens with zero attached hydrogens (tertiary/aromatic N) is 2. The Morgan fingerprint density at radius 1 is 0.558 bits per heavy atom. The summed E-state index contributed by atoms with van der Waals surface area (Å²) in [7, 11) is 0. The molecule has 0 aliphatic rings. The van der Waals surface area contributed by atoms with Gasteiger partial charge in [-0.05, 0) is 17.1 Å². The Morgan fingerprint density at radius 2 is 1.28 bits per heavy atom. The van der Waals surface area contributed by atoms with Crippen molar-refractivity contribution in [2.75, 3.05) is 0 Å². The van der Waals surface area contributed by atoms with Crippen LogP contribution in [0.2, 0.25) is 17.3 Å². The molecule has 1 radical (unpaired) electrons. The molecule has 0 amide bonds. The van der Waals surface area contributed by atoms with Crippen LogP contribution in [-0.4, -0.2) is 23.2 Å². The van der Waals surface area contributed by atoms with Crippen LogP contribution >= 0.6 is 0 Å². The van der Waals surface area contributed by atoms with E-state index in [2.05, 4.69) is 143 Å². The minimum atomic E-state index is -1.79. The second-order valence-corrected chi connectivity index (χ2v) is 22.0. The third kappa shape index (κ3) is 7.20. The maximum Gasteiger partial charge on any atom is 0.0160 e. The summed E-state index contributed by atoms with van der Waals surface area (Å²) in [6, 6.07) is 50.6. The van der Waals surface area contributed by atoms with Crippen molar-refractivity contribution in [2.24, 2.45) is 0 Å². The molecule has 0 spiro atoms. The molecule has 2 heterocycles. The zero-order chi connectivity index (χ0) is 28.9. The summed E-state index contributed by atoms with van der Waals surface area (Å²) in [4.78, 5) is 9.05. The molecule has 0 fully saturated rings. The van der Waals surface area contributed by atoms with Gasteiger partial charge in [0.25, 0.3) is 0 Å². The molecule has 43 heavy (non-hydrogen) atoms. The number of aromatic nitrogens is 2. The van der Waals surface area contributed by atoms with Crippen molar-refractivity contribution in [3.8, 4) is 33.6 Å². The Bertz CT molecular complexity index is 1950. The average molecular weight is 794 g/mol. The van der Waals surface area contributed by atoms with Gasteiger partial charge in [0, 0.05) is 26.3 Å². The Labute approximate surface area is 270 Å². The SMILES string of the molecule is [CH3][Ge]([CH3])([CH3])[c]1ccc(-c2[c-]ccc(-c3ccccc3)c2)nc1.[Ir].[c-]1cc2c(ccc3ccccc32)cc1-c1ccccn1. The van der Waals surface area contributed by atoms with E-state index in [0.717, 1.165) is 22.5 Å². The predicted molar refractivity (Wildman–Crippen MR) is 180 cm³/mol.